The topological polar surface area (TPSA) is 89.5 Å². The molecule has 2 bridgehead atoms. The minimum Gasteiger partial charge on any atom is -0.772 e. The van der Waals surface area contributed by atoms with Gasteiger partial charge in [-0.05, 0) is 43.4 Å². The van der Waals surface area contributed by atoms with Gasteiger partial charge in [0.2, 0.25) is 5.91 Å². The lowest BCUT2D eigenvalue weighted by Crippen LogP contribution is -2.53. The molecule has 0 heterocycles. The maximum absolute atomic E-state index is 12.6. The Hall–Kier alpha value is -0.720. The first kappa shape index (κ1) is 19.6. The van der Waals surface area contributed by atoms with Gasteiger partial charge in [-0.3, -0.25) is 9.00 Å². The fraction of sp³-hybridized carbons (Fsp3) is 0.833. The second-order valence-electron chi connectivity index (χ2n) is 8.08. The summed E-state index contributed by atoms with van der Waals surface area (Å²) in [6, 6.07) is -0.134. The summed E-state index contributed by atoms with van der Waals surface area (Å²) < 4.78 is 22.9. The van der Waals surface area contributed by atoms with E-state index in [-0.39, 0.29) is 23.1 Å². The zero-order valence-electron chi connectivity index (χ0n) is 14.9. The van der Waals surface area contributed by atoms with E-state index in [1.807, 2.05) is 0 Å². The van der Waals surface area contributed by atoms with Crippen LogP contribution in [0, 0.1) is 22.7 Å². The maximum Gasteiger partial charge on any atom is 0.225 e. The van der Waals surface area contributed by atoms with Crippen LogP contribution < -0.4 is 5.32 Å². The number of aliphatic hydroxyl groups is 1. The highest BCUT2D eigenvalue weighted by molar-refractivity contribution is 7.79. The molecule has 6 atom stereocenters. The van der Waals surface area contributed by atoms with E-state index in [1.54, 1.807) is 13.0 Å². The first-order valence-electron chi connectivity index (χ1n) is 8.81. The highest BCUT2D eigenvalue weighted by Gasteiger charge is 2.64. The monoisotopic (exact) mass is 356 g/mol. The van der Waals surface area contributed by atoms with E-state index in [0.717, 1.165) is 19.3 Å². The second-order valence-corrected chi connectivity index (χ2v) is 8.98. The van der Waals surface area contributed by atoms with Crippen LogP contribution in [0.15, 0.2) is 12.7 Å². The van der Waals surface area contributed by atoms with Crippen LogP contribution >= 0.6 is 0 Å². The predicted octanol–water partition coefficient (Wildman–Crippen LogP) is 2.14. The molecule has 0 aliphatic heterocycles. The van der Waals surface area contributed by atoms with Crippen molar-refractivity contribution in [2.45, 2.75) is 65.0 Å². The third-order valence-electron chi connectivity index (χ3n) is 6.78. The average molecular weight is 357 g/mol. The zero-order chi connectivity index (χ0) is 18.1. The first-order chi connectivity index (χ1) is 11.2. The van der Waals surface area contributed by atoms with E-state index in [2.05, 4.69) is 25.7 Å². The van der Waals surface area contributed by atoms with Crippen LogP contribution in [-0.2, 0) is 15.9 Å². The van der Waals surface area contributed by atoms with E-state index >= 15 is 0 Å². The molecule has 2 rings (SSSR count). The molecule has 1 amide bonds. The number of fused-ring (bicyclic) bond motifs is 2. The number of carbonyl (C=O) groups is 1. The van der Waals surface area contributed by atoms with E-state index in [4.69, 9.17) is 0 Å². The minimum atomic E-state index is -2.14. The molecule has 0 aromatic rings. The normalized spacial score (nSPS) is 34.5. The lowest BCUT2D eigenvalue weighted by Gasteiger charge is -2.43. The second kappa shape index (κ2) is 7.26. The highest BCUT2D eigenvalue weighted by Crippen LogP contribution is 2.65. The van der Waals surface area contributed by atoms with Crippen molar-refractivity contribution in [1.82, 2.24) is 5.32 Å². The number of rotatable bonds is 8. The van der Waals surface area contributed by atoms with Crippen LogP contribution in [0.25, 0.3) is 0 Å². The van der Waals surface area contributed by atoms with Gasteiger partial charge in [-0.25, -0.2) is 0 Å². The van der Waals surface area contributed by atoms with Crippen LogP contribution in [0.5, 0.6) is 0 Å². The third-order valence-corrected chi connectivity index (χ3v) is 7.53. The smallest absolute Gasteiger partial charge is 0.225 e. The van der Waals surface area contributed by atoms with Crippen molar-refractivity contribution >= 4 is 17.0 Å². The largest absolute Gasteiger partial charge is 0.772 e. The lowest BCUT2D eigenvalue weighted by molar-refractivity contribution is -0.129. The van der Waals surface area contributed by atoms with Crippen LogP contribution in [0.3, 0.4) is 0 Å². The Labute approximate surface area is 147 Å². The summed E-state index contributed by atoms with van der Waals surface area (Å²) in [7, 11) is 0. The zero-order valence-corrected chi connectivity index (χ0v) is 15.7. The number of hydrogen-bond donors (Lipinski definition) is 2. The summed E-state index contributed by atoms with van der Waals surface area (Å²) in [4.78, 5) is 12.6. The molecule has 138 valence electrons. The van der Waals surface area contributed by atoms with Crippen molar-refractivity contribution < 1.29 is 18.7 Å². The lowest BCUT2D eigenvalue weighted by atomic mass is 9.69. The molecule has 0 saturated heterocycles. The molecule has 0 aromatic heterocycles. The SMILES string of the molecule is C=CCCC(O)C(C)C(=O)NC1CC2CCC1(CS(=O)[O-])C2(C)C. The number of aliphatic hydroxyl groups excluding tert-OH is 1. The summed E-state index contributed by atoms with van der Waals surface area (Å²) in [5.41, 5.74) is -0.499. The number of allylic oxidation sites excluding steroid dienone is 1. The van der Waals surface area contributed by atoms with Crippen molar-refractivity contribution in [1.29, 1.82) is 0 Å². The number of amides is 1. The van der Waals surface area contributed by atoms with Crippen LogP contribution in [0.4, 0.5) is 0 Å². The van der Waals surface area contributed by atoms with Gasteiger partial charge in [0.25, 0.3) is 0 Å². The maximum atomic E-state index is 12.6. The summed E-state index contributed by atoms with van der Waals surface area (Å²) in [6.07, 6.45) is 4.86. The van der Waals surface area contributed by atoms with Gasteiger partial charge >= 0.3 is 0 Å². The van der Waals surface area contributed by atoms with Gasteiger partial charge in [-0.1, -0.05) is 37.9 Å². The molecule has 2 saturated carbocycles. The quantitative estimate of drug-likeness (QED) is 0.515. The molecule has 0 aromatic carbocycles. The molecular formula is C18H30NO4S-. The molecule has 0 radical (unpaired) electrons. The number of carbonyl (C=O) groups excluding carboxylic acids is 1. The van der Waals surface area contributed by atoms with Gasteiger partial charge in [-0.15, -0.1) is 6.58 Å². The van der Waals surface area contributed by atoms with Gasteiger partial charge in [0.15, 0.2) is 0 Å². The predicted molar refractivity (Wildman–Crippen MR) is 93.9 cm³/mol. The first-order valence-corrected chi connectivity index (χ1v) is 10.1. The number of nitrogens with one attached hydrogen (secondary N) is 1. The Bertz CT molecular complexity index is 521. The number of hydrogen-bond acceptors (Lipinski definition) is 4. The summed E-state index contributed by atoms with van der Waals surface area (Å²) in [5, 5.41) is 13.2. The Morgan fingerprint density at radius 2 is 2.21 bits per heavy atom. The fourth-order valence-electron chi connectivity index (χ4n) is 4.85. The van der Waals surface area contributed by atoms with E-state index < -0.39 is 28.5 Å². The van der Waals surface area contributed by atoms with E-state index in [9.17, 15) is 18.7 Å². The molecule has 2 aliphatic rings. The van der Waals surface area contributed by atoms with Crippen molar-refractivity contribution in [2.75, 3.05) is 5.75 Å². The average Bonchev–Trinajstić information content (AvgIpc) is 2.85. The summed E-state index contributed by atoms with van der Waals surface area (Å²) >= 11 is -2.14. The summed E-state index contributed by atoms with van der Waals surface area (Å²) in [5.74, 6) is -0.167. The molecule has 5 nitrogen and oxygen atoms in total. The van der Waals surface area contributed by atoms with Crippen molar-refractivity contribution in [3.63, 3.8) is 0 Å². The third kappa shape index (κ3) is 3.33. The molecule has 2 aliphatic carbocycles. The van der Waals surface area contributed by atoms with Crippen molar-refractivity contribution in [2.24, 2.45) is 22.7 Å². The Balaban J connectivity index is 2.10. The fourth-order valence-corrected chi connectivity index (χ4v) is 5.99. The Morgan fingerprint density at radius 3 is 2.75 bits per heavy atom. The van der Waals surface area contributed by atoms with Crippen molar-refractivity contribution in [3.05, 3.63) is 12.7 Å². The molecule has 0 spiro atoms. The van der Waals surface area contributed by atoms with Crippen molar-refractivity contribution in [3.8, 4) is 0 Å². The van der Waals surface area contributed by atoms with Gasteiger partial charge < -0.3 is 15.0 Å². The van der Waals surface area contributed by atoms with Gasteiger partial charge in [0.1, 0.15) is 0 Å². The van der Waals surface area contributed by atoms with Gasteiger partial charge in [0.05, 0.1) is 12.0 Å². The highest BCUT2D eigenvalue weighted by atomic mass is 32.2. The van der Waals surface area contributed by atoms with E-state index in [1.165, 1.54) is 0 Å². The van der Waals surface area contributed by atoms with Gasteiger partial charge in [0, 0.05) is 17.2 Å². The summed E-state index contributed by atoms with van der Waals surface area (Å²) in [6.45, 7) is 9.61. The van der Waals surface area contributed by atoms with Crippen LogP contribution in [-0.4, -0.2) is 37.7 Å². The standard InChI is InChI=1S/C18H31NO4S/c1-5-6-7-14(20)12(2)16(21)19-15-10-13-8-9-18(15,11-24(22)23)17(13,3)4/h5,12-15,20H,1,6-11H2,2-4H3,(H,19,21)(H,22,23)/p-1. The Kier molecular flexibility index (Phi) is 5.93. The molecule has 6 unspecified atom stereocenters. The van der Waals surface area contributed by atoms with Gasteiger partial charge in [-0.2, -0.15) is 0 Å². The Morgan fingerprint density at radius 1 is 1.54 bits per heavy atom. The molecule has 2 N–H and O–H groups in total. The van der Waals surface area contributed by atoms with Crippen LogP contribution in [0.2, 0.25) is 0 Å². The molecule has 6 heteroatoms. The van der Waals surface area contributed by atoms with Crippen LogP contribution in [0.1, 0.15) is 52.9 Å². The van der Waals surface area contributed by atoms with E-state index in [0.29, 0.717) is 18.8 Å². The minimum absolute atomic E-state index is 0.0921. The molecule has 2 fully saturated rings. The molecule has 24 heavy (non-hydrogen) atoms. The molecular weight excluding hydrogens is 326 g/mol.